The zero-order valence-corrected chi connectivity index (χ0v) is 14.6. The van der Waals surface area contributed by atoms with E-state index in [-0.39, 0.29) is 5.91 Å². The van der Waals surface area contributed by atoms with Gasteiger partial charge in [-0.15, -0.1) is 11.8 Å². The number of anilines is 1. The molecule has 2 rings (SSSR count). The molecule has 0 aliphatic rings. The number of thioether (sulfide) groups is 1. The van der Waals surface area contributed by atoms with Crippen LogP contribution in [-0.2, 0) is 10.5 Å². The van der Waals surface area contributed by atoms with Gasteiger partial charge >= 0.3 is 0 Å². The number of halogens is 1. The molecule has 2 nitrogen and oxygen atoms in total. The van der Waals surface area contributed by atoms with Crippen LogP contribution in [-0.4, -0.2) is 11.7 Å². The fourth-order valence-electron chi connectivity index (χ4n) is 2.12. The maximum atomic E-state index is 12.0. The molecule has 0 aliphatic carbocycles. The summed E-state index contributed by atoms with van der Waals surface area (Å²) in [5, 5.41) is 3.43. The SMILES string of the molecule is Cc1ccc(NC(=O)CSCc2cc(C)ccc2C)c(Cl)c1. The van der Waals surface area contributed by atoms with Crippen LogP contribution in [0.15, 0.2) is 36.4 Å². The topological polar surface area (TPSA) is 29.1 Å². The average molecular weight is 334 g/mol. The maximum Gasteiger partial charge on any atom is 0.234 e. The second-order valence-corrected chi connectivity index (χ2v) is 6.85. The number of benzene rings is 2. The lowest BCUT2D eigenvalue weighted by Gasteiger charge is -2.09. The lowest BCUT2D eigenvalue weighted by molar-refractivity contribution is -0.113. The summed E-state index contributed by atoms with van der Waals surface area (Å²) in [5.74, 6) is 1.22. The van der Waals surface area contributed by atoms with E-state index < -0.39 is 0 Å². The van der Waals surface area contributed by atoms with Gasteiger partial charge in [-0.1, -0.05) is 41.4 Å². The van der Waals surface area contributed by atoms with Crippen molar-refractivity contribution in [2.45, 2.75) is 26.5 Å². The van der Waals surface area contributed by atoms with E-state index in [0.717, 1.165) is 11.3 Å². The smallest absolute Gasteiger partial charge is 0.234 e. The zero-order valence-electron chi connectivity index (χ0n) is 13.1. The third-order valence-electron chi connectivity index (χ3n) is 3.39. The predicted octanol–water partition coefficient (Wildman–Crippen LogP) is 5.14. The first-order valence-corrected chi connectivity index (χ1v) is 8.69. The first-order valence-electron chi connectivity index (χ1n) is 7.15. The van der Waals surface area contributed by atoms with Crippen molar-refractivity contribution in [2.24, 2.45) is 0 Å². The Labute approximate surface area is 141 Å². The summed E-state index contributed by atoms with van der Waals surface area (Å²) < 4.78 is 0. The van der Waals surface area contributed by atoms with Gasteiger partial charge in [0.25, 0.3) is 0 Å². The lowest BCUT2D eigenvalue weighted by Crippen LogP contribution is -2.14. The Bertz CT molecular complexity index is 685. The van der Waals surface area contributed by atoms with Gasteiger partial charge in [-0.25, -0.2) is 0 Å². The number of hydrogen-bond acceptors (Lipinski definition) is 2. The normalized spacial score (nSPS) is 10.5. The van der Waals surface area contributed by atoms with Gasteiger partial charge < -0.3 is 5.32 Å². The average Bonchev–Trinajstić information content (AvgIpc) is 2.46. The summed E-state index contributed by atoms with van der Waals surface area (Å²) in [6.45, 7) is 6.15. The van der Waals surface area contributed by atoms with Crippen LogP contribution in [0.2, 0.25) is 5.02 Å². The van der Waals surface area contributed by atoms with Crippen molar-refractivity contribution >= 4 is 35.0 Å². The molecule has 0 bridgehead atoms. The molecule has 116 valence electrons. The van der Waals surface area contributed by atoms with E-state index in [0.29, 0.717) is 16.5 Å². The molecule has 2 aromatic rings. The number of carbonyl (C=O) groups is 1. The number of aryl methyl sites for hydroxylation is 3. The van der Waals surface area contributed by atoms with Gasteiger partial charge in [0, 0.05) is 5.75 Å². The van der Waals surface area contributed by atoms with E-state index >= 15 is 0 Å². The van der Waals surface area contributed by atoms with Crippen molar-refractivity contribution in [3.63, 3.8) is 0 Å². The Balaban J connectivity index is 1.86. The van der Waals surface area contributed by atoms with Crippen molar-refractivity contribution in [2.75, 3.05) is 11.1 Å². The zero-order chi connectivity index (χ0) is 16.1. The van der Waals surface area contributed by atoms with Crippen LogP contribution in [0.3, 0.4) is 0 Å². The molecule has 0 spiro atoms. The summed E-state index contributed by atoms with van der Waals surface area (Å²) in [6.07, 6.45) is 0. The van der Waals surface area contributed by atoms with Crippen molar-refractivity contribution in [3.8, 4) is 0 Å². The highest BCUT2D eigenvalue weighted by atomic mass is 35.5. The quantitative estimate of drug-likeness (QED) is 0.821. The van der Waals surface area contributed by atoms with Crippen molar-refractivity contribution in [3.05, 3.63) is 63.7 Å². The molecule has 2 aromatic carbocycles. The van der Waals surface area contributed by atoms with Gasteiger partial charge in [-0.05, 0) is 49.6 Å². The lowest BCUT2D eigenvalue weighted by atomic mass is 10.1. The first kappa shape index (κ1) is 16.9. The van der Waals surface area contributed by atoms with Crippen LogP contribution < -0.4 is 5.32 Å². The molecular formula is C18H20ClNOS. The fraction of sp³-hybridized carbons (Fsp3) is 0.278. The van der Waals surface area contributed by atoms with E-state index in [2.05, 4.69) is 37.4 Å². The number of rotatable bonds is 5. The molecule has 0 aromatic heterocycles. The van der Waals surface area contributed by atoms with E-state index in [1.54, 1.807) is 11.8 Å². The standard InChI is InChI=1S/C18H20ClNOS/c1-12-4-6-14(3)15(8-12)10-22-11-18(21)20-17-7-5-13(2)9-16(17)19/h4-9H,10-11H2,1-3H3,(H,20,21). The molecule has 0 saturated carbocycles. The van der Waals surface area contributed by atoms with Crippen LogP contribution in [0.25, 0.3) is 0 Å². The Morgan fingerprint density at radius 3 is 2.50 bits per heavy atom. The van der Waals surface area contributed by atoms with Gasteiger partial charge in [0.05, 0.1) is 16.5 Å². The largest absolute Gasteiger partial charge is 0.324 e. The summed E-state index contributed by atoms with van der Waals surface area (Å²) in [4.78, 5) is 12.0. The second kappa shape index (κ2) is 7.70. The van der Waals surface area contributed by atoms with Crippen LogP contribution in [0.4, 0.5) is 5.69 Å². The van der Waals surface area contributed by atoms with E-state index in [9.17, 15) is 4.79 Å². The molecule has 0 unspecified atom stereocenters. The van der Waals surface area contributed by atoms with Crippen LogP contribution in [0.5, 0.6) is 0 Å². The molecule has 22 heavy (non-hydrogen) atoms. The highest BCUT2D eigenvalue weighted by molar-refractivity contribution is 7.99. The molecule has 0 saturated heterocycles. The summed E-state index contributed by atoms with van der Waals surface area (Å²) in [5.41, 5.74) is 5.54. The van der Waals surface area contributed by atoms with Crippen LogP contribution in [0, 0.1) is 20.8 Å². The van der Waals surface area contributed by atoms with Gasteiger partial charge in [-0.2, -0.15) is 0 Å². The molecule has 4 heteroatoms. The Morgan fingerprint density at radius 2 is 1.77 bits per heavy atom. The highest BCUT2D eigenvalue weighted by Gasteiger charge is 2.07. The van der Waals surface area contributed by atoms with Gasteiger partial charge in [0.15, 0.2) is 0 Å². The number of hydrogen-bond donors (Lipinski definition) is 1. The maximum absolute atomic E-state index is 12.0. The Morgan fingerprint density at radius 1 is 1.09 bits per heavy atom. The monoisotopic (exact) mass is 333 g/mol. The van der Waals surface area contributed by atoms with E-state index in [1.807, 2.05) is 25.1 Å². The summed E-state index contributed by atoms with van der Waals surface area (Å²) in [7, 11) is 0. The predicted molar refractivity (Wildman–Crippen MR) is 96.9 cm³/mol. The first-order chi connectivity index (χ1) is 10.5. The fourth-order valence-corrected chi connectivity index (χ4v) is 3.29. The Hall–Kier alpha value is -1.45. The molecule has 0 heterocycles. The second-order valence-electron chi connectivity index (χ2n) is 5.45. The highest BCUT2D eigenvalue weighted by Crippen LogP contribution is 2.23. The van der Waals surface area contributed by atoms with Crippen LogP contribution in [0.1, 0.15) is 22.3 Å². The van der Waals surface area contributed by atoms with Crippen molar-refractivity contribution in [1.29, 1.82) is 0 Å². The molecule has 0 aliphatic heterocycles. The number of nitrogens with one attached hydrogen (secondary N) is 1. The van der Waals surface area contributed by atoms with Gasteiger partial charge in [0.1, 0.15) is 0 Å². The number of carbonyl (C=O) groups excluding carboxylic acids is 1. The minimum absolute atomic E-state index is 0.0268. The third kappa shape index (κ3) is 4.79. The molecule has 0 atom stereocenters. The molecule has 0 radical (unpaired) electrons. The Kier molecular flexibility index (Phi) is 5.92. The van der Waals surface area contributed by atoms with Crippen molar-refractivity contribution in [1.82, 2.24) is 0 Å². The molecule has 1 amide bonds. The molecule has 1 N–H and O–H groups in total. The van der Waals surface area contributed by atoms with Crippen molar-refractivity contribution < 1.29 is 4.79 Å². The minimum Gasteiger partial charge on any atom is -0.324 e. The van der Waals surface area contributed by atoms with E-state index in [1.165, 1.54) is 16.7 Å². The summed E-state index contributed by atoms with van der Waals surface area (Å²) in [6, 6.07) is 12.0. The minimum atomic E-state index is -0.0268. The van der Waals surface area contributed by atoms with Gasteiger partial charge in [-0.3, -0.25) is 4.79 Å². The van der Waals surface area contributed by atoms with E-state index in [4.69, 9.17) is 11.6 Å². The molecular weight excluding hydrogens is 314 g/mol. The third-order valence-corrected chi connectivity index (χ3v) is 4.69. The van der Waals surface area contributed by atoms with Gasteiger partial charge in [0.2, 0.25) is 5.91 Å². The molecule has 0 fully saturated rings. The van der Waals surface area contributed by atoms with Crippen LogP contribution >= 0.6 is 23.4 Å². The summed E-state index contributed by atoms with van der Waals surface area (Å²) >= 11 is 7.73. The number of amides is 1.